The lowest BCUT2D eigenvalue weighted by Crippen LogP contribution is -2.44. The molecule has 1 aliphatic carbocycles. The molecule has 0 nitrogen and oxygen atoms in total. The molecule has 43 heavy (non-hydrogen) atoms. The zero-order valence-electron chi connectivity index (χ0n) is 32.7. The summed E-state index contributed by atoms with van der Waals surface area (Å²) in [6.45, 7) is 55.0. The SMILES string of the molecule is C=C(C)CC(C)(C)C(C)(C)CC(C)(C)C(C)(C)c1cc(C(C)(C)C)cc(C2(C)CC2(C)CC(C)(C)C(C)(C)CC(=C)C)c1. The van der Waals surface area contributed by atoms with E-state index in [0.29, 0.717) is 0 Å². The van der Waals surface area contributed by atoms with Gasteiger partial charge in [-0.1, -0.05) is 147 Å². The largest absolute Gasteiger partial charge is 0.100 e. The fourth-order valence-electron chi connectivity index (χ4n) is 8.34. The van der Waals surface area contributed by atoms with Gasteiger partial charge >= 0.3 is 0 Å². The van der Waals surface area contributed by atoms with Gasteiger partial charge < -0.3 is 0 Å². The number of hydrogen-bond donors (Lipinski definition) is 0. The smallest absolute Gasteiger partial charge is 0.00153 e. The quantitative estimate of drug-likeness (QED) is 0.200. The second-order valence-corrected chi connectivity index (χ2v) is 20.8. The van der Waals surface area contributed by atoms with Crippen molar-refractivity contribution in [2.24, 2.45) is 32.5 Å². The van der Waals surface area contributed by atoms with E-state index in [1.54, 1.807) is 5.56 Å². The Morgan fingerprint density at radius 2 is 1.02 bits per heavy atom. The van der Waals surface area contributed by atoms with Crippen LogP contribution in [0.5, 0.6) is 0 Å². The highest BCUT2D eigenvalue weighted by molar-refractivity contribution is 5.46. The van der Waals surface area contributed by atoms with E-state index in [0.717, 1.165) is 19.3 Å². The predicted octanol–water partition coefficient (Wildman–Crippen LogP) is 13.8. The normalized spacial score (nSPS) is 22.5. The van der Waals surface area contributed by atoms with Gasteiger partial charge in [0.15, 0.2) is 0 Å². The molecule has 2 atom stereocenters. The van der Waals surface area contributed by atoms with Gasteiger partial charge in [0.05, 0.1) is 0 Å². The molecule has 0 aromatic heterocycles. The van der Waals surface area contributed by atoms with Crippen LogP contribution in [0.2, 0.25) is 0 Å². The van der Waals surface area contributed by atoms with Crippen molar-refractivity contribution in [3.8, 4) is 0 Å². The molecule has 1 aromatic rings. The molecule has 0 spiro atoms. The standard InChI is InChI=1S/C43H74/c1-30(2)25-36(8,9)38(12,13)27-40(16,17)41(18,19)33-22-32(35(5,6)7)23-34(24-33)43(21)29-42(43,20)28-39(14,15)37(10,11)26-31(3)4/h22-24H,1,3,25-29H2,2,4-21H3. The first-order chi connectivity index (χ1) is 18.8. The van der Waals surface area contributed by atoms with E-state index in [2.05, 4.69) is 163 Å². The van der Waals surface area contributed by atoms with Crippen molar-refractivity contribution in [1.29, 1.82) is 0 Å². The molecule has 0 heteroatoms. The average molecular weight is 591 g/mol. The maximum absolute atomic E-state index is 4.27. The highest BCUT2D eigenvalue weighted by Crippen LogP contribution is 2.70. The van der Waals surface area contributed by atoms with Crippen molar-refractivity contribution in [3.05, 3.63) is 59.2 Å². The maximum atomic E-state index is 4.27. The highest BCUT2D eigenvalue weighted by Gasteiger charge is 2.64. The Hall–Kier alpha value is -1.30. The van der Waals surface area contributed by atoms with Gasteiger partial charge in [0.25, 0.3) is 0 Å². The van der Waals surface area contributed by atoms with Gasteiger partial charge in [-0.3, -0.25) is 0 Å². The summed E-state index contributed by atoms with van der Waals surface area (Å²) in [6.07, 6.45) is 5.79. The summed E-state index contributed by atoms with van der Waals surface area (Å²) in [6, 6.07) is 7.75. The van der Waals surface area contributed by atoms with Gasteiger partial charge in [-0.15, -0.1) is 13.2 Å². The van der Waals surface area contributed by atoms with E-state index < -0.39 is 0 Å². The van der Waals surface area contributed by atoms with Crippen molar-refractivity contribution in [1.82, 2.24) is 0 Å². The Morgan fingerprint density at radius 1 is 0.605 bits per heavy atom. The summed E-state index contributed by atoms with van der Waals surface area (Å²) in [5.41, 5.74) is 8.54. The van der Waals surface area contributed by atoms with Crippen LogP contribution in [0.3, 0.4) is 0 Å². The topological polar surface area (TPSA) is 0 Å². The van der Waals surface area contributed by atoms with Crippen LogP contribution in [0, 0.1) is 32.5 Å². The van der Waals surface area contributed by atoms with Gasteiger partial charge in [-0.25, -0.2) is 0 Å². The molecule has 0 amide bonds. The van der Waals surface area contributed by atoms with Crippen LogP contribution in [0.1, 0.15) is 180 Å². The van der Waals surface area contributed by atoms with Crippen molar-refractivity contribution >= 4 is 0 Å². The molecule has 246 valence electrons. The third kappa shape index (κ3) is 7.41. The van der Waals surface area contributed by atoms with E-state index in [-0.39, 0.29) is 48.7 Å². The van der Waals surface area contributed by atoms with E-state index in [4.69, 9.17) is 0 Å². The van der Waals surface area contributed by atoms with Crippen LogP contribution in [0.25, 0.3) is 0 Å². The molecule has 1 fully saturated rings. The summed E-state index contributed by atoms with van der Waals surface area (Å²) in [5.74, 6) is 0. The second kappa shape index (κ2) is 11.2. The van der Waals surface area contributed by atoms with E-state index in [1.165, 1.54) is 35.1 Å². The van der Waals surface area contributed by atoms with Crippen LogP contribution < -0.4 is 0 Å². The fraction of sp³-hybridized carbons (Fsp3) is 0.767. The molecule has 2 unspecified atom stereocenters. The molecule has 0 heterocycles. The summed E-state index contributed by atoms with van der Waals surface area (Å²) >= 11 is 0. The molecule has 0 radical (unpaired) electrons. The third-order valence-electron chi connectivity index (χ3n) is 13.7. The molecule has 0 aliphatic heterocycles. The number of hydrogen-bond acceptors (Lipinski definition) is 0. The van der Waals surface area contributed by atoms with Gasteiger partial charge in [-0.2, -0.15) is 0 Å². The van der Waals surface area contributed by atoms with Crippen LogP contribution in [-0.4, -0.2) is 0 Å². The minimum Gasteiger partial charge on any atom is -0.100 e. The van der Waals surface area contributed by atoms with Gasteiger partial charge in [0.2, 0.25) is 0 Å². The lowest BCUT2D eigenvalue weighted by Gasteiger charge is -2.52. The number of allylic oxidation sites excluding steroid dienone is 2. The lowest BCUT2D eigenvalue weighted by atomic mass is 9.53. The Kier molecular flexibility index (Phi) is 9.86. The predicted molar refractivity (Wildman–Crippen MR) is 195 cm³/mol. The minimum absolute atomic E-state index is 0.00395. The molecule has 1 saturated carbocycles. The maximum Gasteiger partial charge on any atom is -0.00153 e. The molecule has 0 N–H and O–H groups in total. The van der Waals surface area contributed by atoms with Gasteiger partial charge in [-0.05, 0) is 111 Å². The first-order valence-corrected chi connectivity index (χ1v) is 17.2. The van der Waals surface area contributed by atoms with Gasteiger partial charge in [0, 0.05) is 0 Å². The van der Waals surface area contributed by atoms with E-state index in [1.807, 2.05) is 0 Å². The zero-order valence-corrected chi connectivity index (χ0v) is 32.7. The molecule has 1 aliphatic rings. The lowest BCUT2D eigenvalue weighted by molar-refractivity contribution is 0.0227. The van der Waals surface area contributed by atoms with E-state index >= 15 is 0 Å². The molecular formula is C43H74. The Balaban J connectivity index is 2.60. The zero-order chi connectivity index (χ0) is 34.0. The van der Waals surface area contributed by atoms with Crippen molar-refractivity contribution in [3.63, 3.8) is 0 Å². The Labute approximate surface area is 271 Å². The Morgan fingerprint density at radius 3 is 1.44 bits per heavy atom. The van der Waals surface area contributed by atoms with Crippen LogP contribution in [0.4, 0.5) is 0 Å². The summed E-state index contributed by atoms with van der Waals surface area (Å²) < 4.78 is 0. The van der Waals surface area contributed by atoms with Crippen LogP contribution in [0.15, 0.2) is 42.5 Å². The van der Waals surface area contributed by atoms with E-state index in [9.17, 15) is 0 Å². The molecule has 1 aromatic carbocycles. The monoisotopic (exact) mass is 591 g/mol. The van der Waals surface area contributed by atoms with Crippen LogP contribution >= 0.6 is 0 Å². The van der Waals surface area contributed by atoms with Crippen molar-refractivity contribution < 1.29 is 0 Å². The first-order valence-electron chi connectivity index (χ1n) is 17.2. The number of benzene rings is 1. The summed E-state index contributed by atoms with van der Waals surface area (Å²) in [7, 11) is 0. The van der Waals surface area contributed by atoms with Gasteiger partial charge in [0.1, 0.15) is 0 Å². The van der Waals surface area contributed by atoms with Crippen LogP contribution in [-0.2, 0) is 16.2 Å². The molecule has 2 rings (SSSR count). The second-order valence-electron chi connectivity index (χ2n) is 20.8. The third-order valence-corrected chi connectivity index (χ3v) is 13.7. The fourth-order valence-corrected chi connectivity index (χ4v) is 8.34. The molecule has 0 bridgehead atoms. The average Bonchev–Trinajstić information content (AvgIpc) is 3.30. The number of rotatable bonds is 13. The van der Waals surface area contributed by atoms with Crippen molar-refractivity contribution in [2.45, 2.75) is 180 Å². The van der Waals surface area contributed by atoms with Crippen molar-refractivity contribution in [2.75, 3.05) is 0 Å². The summed E-state index contributed by atoms with van der Waals surface area (Å²) in [4.78, 5) is 0. The molecular weight excluding hydrogens is 516 g/mol. The first kappa shape index (κ1) is 37.9. The summed E-state index contributed by atoms with van der Waals surface area (Å²) in [5, 5.41) is 0. The molecule has 0 saturated heterocycles. The highest BCUT2D eigenvalue weighted by atomic mass is 14.7. The minimum atomic E-state index is 0.00395. The Bertz CT molecular complexity index is 1200.